The van der Waals surface area contributed by atoms with Gasteiger partial charge < -0.3 is 19.7 Å². The molecule has 30 heavy (non-hydrogen) atoms. The largest absolute Gasteiger partial charge is 0.491 e. The summed E-state index contributed by atoms with van der Waals surface area (Å²) in [7, 11) is 1.53. The predicted molar refractivity (Wildman–Crippen MR) is 118 cm³/mol. The first kappa shape index (κ1) is 21.7. The first-order valence-corrected chi connectivity index (χ1v) is 10.2. The van der Waals surface area contributed by atoms with Gasteiger partial charge in [-0.1, -0.05) is 23.7 Å². The van der Waals surface area contributed by atoms with Crippen LogP contribution in [0.3, 0.4) is 0 Å². The minimum absolute atomic E-state index is 0.160. The molecule has 0 unspecified atom stereocenters. The average Bonchev–Trinajstić information content (AvgIpc) is 3.17. The van der Waals surface area contributed by atoms with E-state index in [9.17, 15) is 9.59 Å². The van der Waals surface area contributed by atoms with E-state index in [2.05, 4.69) is 5.32 Å². The van der Waals surface area contributed by atoms with Gasteiger partial charge in [-0.25, -0.2) is 0 Å². The highest BCUT2D eigenvalue weighted by molar-refractivity contribution is 6.32. The number of rotatable bonds is 8. The summed E-state index contributed by atoms with van der Waals surface area (Å²) in [4.78, 5) is 25.8. The Labute approximate surface area is 181 Å². The molecule has 0 atom stereocenters. The topological polar surface area (TPSA) is 67.9 Å². The molecule has 0 spiro atoms. The molecule has 0 bridgehead atoms. The summed E-state index contributed by atoms with van der Waals surface area (Å²) >= 11 is 6.23. The van der Waals surface area contributed by atoms with Crippen LogP contribution in [0.1, 0.15) is 30.9 Å². The molecule has 158 valence electrons. The van der Waals surface area contributed by atoms with Crippen LogP contribution in [-0.2, 0) is 16.1 Å². The molecular formula is C23H25ClN2O4. The first-order valence-electron chi connectivity index (χ1n) is 9.87. The number of halogens is 1. The van der Waals surface area contributed by atoms with Crippen molar-refractivity contribution in [2.75, 3.05) is 25.2 Å². The van der Waals surface area contributed by atoms with Crippen LogP contribution in [0.25, 0.3) is 6.08 Å². The lowest BCUT2D eigenvalue weighted by Gasteiger charge is -2.16. The second-order valence-electron chi connectivity index (χ2n) is 6.83. The van der Waals surface area contributed by atoms with Crippen LogP contribution in [0.15, 0.2) is 42.5 Å². The molecule has 0 aromatic heterocycles. The van der Waals surface area contributed by atoms with Gasteiger partial charge in [0.25, 0.3) is 0 Å². The van der Waals surface area contributed by atoms with Crippen molar-refractivity contribution in [1.29, 1.82) is 0 Å². The molecule has 0 radical (unpaired) electrons. The molecule has 1 fully saturated rings. The average molecular weight is 429 g/mol. The van der Waals surface area contributed by atoms with Crippen LogP contribution in [0.4, 0.5) is 5.69 Å². The molecule has 2 aromatic rings. The van der Waals surface area contributed by atoms with Crippen LogP contribution in [0.2, 0.25) is 5.02 Å². The van der Waals surface area contributed by atoms with Gasteiger partial charge in [-0.3, -0.25) is 9.59 Å². The quantitative estimate of drug-likeness (QED) is 0.640. The van der Waals surface area contributed by atoms with E-state index in [0.29, 0.717) is 36.1 Å². The lowest BCUT2D eigenvalue weighted by Crippen LogP contribution is -2.23. The molecule has 0 aliphatic carbocycles. The number of methoxy groups -OCH3 is 1. The monoisotopic (exact) mass is 428 g/mol. The highest BCUT2D eigenvalue weighted by atomic mass is 35.5. The fraction of sp³-hybridized carbons (Fsp3) is 0.304. The third-order valence-corrected chi connectivity index (χ3v) is 5.03. The Morgan fingerprint density at radius 3 is 2.67 bits per heavy atom. The number of amides is 2. The number of carbonyl (C=O) groups excluding carboxylic acids is 2. The molecule has 7 heteroatoms. The van der Waals surface area contributed by atoms with Crippen LogP contribution < -0.4 is 19.7 Å². The standard InChI is InChI=1S/C23H25ClN2O4/c1-3-30-20-14-17(13-19(24)23(20)29-2)8-11-21(27)25-15-16-6-9-18(10-7-16)26-12-4-5-22(26)28/h6-11,13-14H,3-5,12,15H2,1-2H3,(H,25,27)/b11-8+. The van der Waals surface area contributed by atoms with Gasteiger partial charge in [0, 0.05) is 31.3 Å². The summed E-state index contributed by atoms with van der Waals surface area (Å²) in [6, 6.07) is 11.1. The number of nitrogens with zero attached hydrogens (tertiary/aromatic N) is 1. The molecule has 2 amide bonds. The Hall–Kier alpha value is -2.99. The number of carbonyl (C=O) groups is 2. The van der Waals surface area contributed by atoms with Crippen molar-refractivity contribution < 1.29 is 19.1 Å². The number of hydrogen-bond acceptors (Lipinski definition) is 4. The van der Waals surface area contributed by atoms with E-state index < -0.39 is 0 Å². The summed E-state index contributed by atoms with van der Waals surface area (Å²) in [6.07, 6.45) is 4.63. The van der Waals surface area contributed by atoms with Gasteiger partial charge >= 0.3 is 0 Å². The minimum Gasteiger partial charge on any atom is -0.491 e. The van der Waals surface area contributed by atoms with Gasteiger partial charge in [0.2, 0.25) is 11.8 Å². The van der Waals surface area contributed by atoms with Crippen molar-refractivity contribution in [2.45, 2.75) is 26.3 Å². The molecule has 3 rings (SSSR count). The number of anilines is 1. The molecule has 1 N–H and O–H groups in total. The predicted octanol–water partition coefficient (Wildman–Crippen LogP) is 4.20. The lowest BCUT2D eigenvalue weighted by molar-refractivity contribution is -0.117. The van der Waals surface area contributed by atoms with Crippen LogP contribution in [-0.4, -0.2) is 32.1 Å². The maximum atomic E-state index is 12.2. The van der Waals surface area contributed by atoms with E-state index in [1.165, 1.54) is 13.2 Å². The fourth-order valence-corrected chi connectivity index (χ4v) is 3.58. The minimum atomic E-state index is -0.223. The fourth-order valence-electron chi connectivity index (χ4n) is 3.28. The third-order valence-electron chi connectivity index (χ3n) is 4.75. The molecule has 0 saturated carbocycles. The number of benzene rings is 2. The van der Waals surface area contributed by atoms with Crippen molar-refractivity contribution in [3.8, 4) is 11.5 Å². The smallest absolute Gasteiger partial charge is 0.244 e. The summed E-state index contributed by atoms with van der Waals surface area (Å²) in [5.41, 5.74) is 2.59. The van der Waals surface area contributed by atoms with E-state index in [-0.39, 0.29) is 11.8 Å². The number of nitrogens with one attached hydrogen (secondary N) is 1. The van der Waals surface area contributed by atoms with E-state index in [4.69, 9.17) is 21.1 Å². The van der Waals surface area contributed by atoms with E-state index in [1.807, 2.05) is 31.2 Å². The highest BCUT2D eigenvalue weighted by Crippen LogP contribution is 2.36. The molecule has 6 nitrogen and oxygen atoms in total. The van der Waals surface area contributed by atoms with Crippen molar-refractivity contribution in [1.82, 2.24) is 5.32 Å². The van der Waals surface area contributed by atoms with E-state index >= 15 is 0 Å². The molecule has 1 aliphatic heterocycles. The van der Waals surface area contributed by atoms with Crippen molar-refractivity contribution >= 4 is 35.2 Å². The lowest BCUT2D eigenvalue weighted by atomic mass is 10.1. The number of ether oxygens (including phenoxy) is 2. The van der Waals surface area contributed by atoms with Gasteiger partial charge in [0.1, 0.15) is 0 Å². The zero-order chi connectivity index (χ0) is 21.5. The number of hydrogen-bond donors (Lipinski definition) is 1. The maximum Gasteiger partial charge on any atom is 0.244 e. The van der Waals surface area contributed by atoms with Gasteiger partial charge in [0.05, 0.1) is 18.7 Å². The maximum absolute atomic E-state index is 12.2. The third kappa shape index (κ3) is 5.33. The molecule has 2 aromatic carbocycles. The molecule has 1 saturated heterocycles. The molecule has 1 aliphatic rings. The van der Waals surface area contributed by atoms with Crippen LogP contribution >= 0.6 is 11.6 Å². The summed E-state index contributed by atoms with van der Waals surface area (Å²) in [6.45, 7) is 3.51. The van der Waals surface area contributed by atoms with E-state index in [0.717, 1.165) is 29.8 Å². The summed E-state index contributed by atoms with van der Waals surface area (Å²) in [5.74, 6) is 0.939. The summed E-state index contributed by atoms with van der Waals surface area (Å²) < 4.78 is 10.8. The van der Waals surface area contributed by atoms with Crippen molar-refractivity contribution in [3.05, 3.63) is 58.6 Å². The SMILES string of the molecule is CCOc1cc(/C=C/C(=O)NCc2ccc(N3CCCC3=O)cc2)cc(Cl)c1OC. The molecule has 1 heterocycles. The van der Waals surface area contributed by atoms with Crippen LogP contribution in [0.5, 0.6) is 11.5 Å². The Kier molecular flexibility index (Phi) is 7.36. The highest BCUT2D eigenvalue weighted by Gasteiger charge is 2.21. The second kappa shape index (κ2) is 10.2. The zero-order valence-corrected chi connectivity index (χ0v) is 17.9. The normalized spacial score (nSPS) is 13.7. The van der Waals surface area contributed by atoms with Gasteiger partial charge in [0.15, 0.2) is 11.5 Å². The van der Waals surface area contributed by atoms with Gasteiger partial charge in [-0.15, -0.1) is 0 Å². The molecular weight excluding hydrogens is 404 g/mol. The Bertz CT molecular complexity index is 941. The van der Waals surface area contributed by atoms with Gasteiger partial charge in [-0.05, 0) is 54.8 Å². The summed E-state index contributed by atoms with van der Waals surface area (Å²) in [5, 5.41) is 3.27. The Morgan fingerprint density at radius 1 is 1.27 bits per heavy atom. The van der Waals surface area contributed by atoms with Crippen molar-refractivity contribution in [3.63, 3.8) is 0 Å². The van der Waals surface area contributed by atoms with Crippen molar-refractivity contribution in [2.24, 2.45) is 0 Å². The van der Waals surface area contributed by atoms with E-state index in [1.54, 1.807) is 23.1 Å². The zero-order valence-electron chi connectivity index (χ0n) is 17.1. The first-order chi connectivity index (χ1) is 14.5. The Balaban J connectivity index is 1.58. The van der Waals surface area contributed by atoms with Crippen LogP contribution in [0, 0.1) is 0 Å². The van der Waals surface area contributed by atoms with Gasteiger partial charge in [-0.2, -0.15) is 0 Å². The Morgan fingerprint density at radius 2 is 2.03 bits per heavy atom. The second-order valence-corrected chi connectivity index (χ2v) is 7.24.